The first kappa shape index (κ1) is 8.70. The third-order valence-electron chi connectivity index (χ3n) is 2.69. The smallest absolute Gasteiger partial charge is 0.0482 e. The molecule has 0 amide bonds. The lowest BCUT2D eigenvalue weighted by Gasteiger charge is -1.97. The van der Waals surface area contributed by atoms with Crippen LogP contribution >= 0.6 is 12.6 Å². The first-order chi connectivity index (χ1) is 6.25. The molecule has 0 unspecified atom stereocenters. The van der Waals surface area contributed by atoms with Gasteiger partial charge in [-0.3, -0.25) is 0 Å². The van der Waals surface area contributed by atoms with Crippen LogP contribution in [0, 0.1) is 6.92 Å². The van der Waals surface area contributed by atoms with Gasteiger partial charge in [0.25, 0.3) is 0 Å². The summed E-state index contributed by atoms with van der Waals surface area (Å²) in [4.78, 5) is 0. The van der Waals surface area contributed by atoms with Crippen molar-refractivity contribution in [3.05, 3.63) is 35.5 Å². The summed E-state index contributed by atoms with van der Waals surface area (Å²) < 4.78 is 2.22. The molecule has 0 aliphatic carbocycles. The topological polar surface area (TPSA) is 4.93 Å². The van der Waals surface area contributed by atoms with Gasteiger partial charge in [0, 0.05) is 29.4 Å². The minimum atomic E-state index is 0.813. The molecule has 2 heteroatoms. The van der Waals surface area contributed by atoms with E-state index in [1.165, 1.54) is 22.2 Å². The van der Waals surface area contributed by atoms with Crippen molar-refractivity contribution < 1.29 is 0 Å². The minimum Gasteiger partial charge on any atom is -0.348 e. The lowest BCUT2D eigenvalue weighted by molar-refractivity contribution is 0.909. The van der Waals surface area contributed by atoms with E-state index >= 15 is 0 Å². The summed E-state index contributed by atoms with van der Waals surface area (Å²) in [5, 5.41) is 1.33. The van der Waals surface area contributed by atoms with Crippen LogP contribution in [-0.2, 0) is 12.8 Å². The summed E-state index contributed by atoms with van der Waals surface area (Å²) in [6.07, 6.45) is 0. The number of hydrogen-bond donors (Lipinski definition) is 1. The molecule has 0 fully saturated rings. The highest BCUT2D eigenvalue weighted by molar-refractivity contribution is 7.79. The Kier molecular flexibility index (Phi) is 2.08. The zero-order valence-electron chi connectivity index (χ0n) is 7.91. The molecule has 0 bridgehead atoms. The zero-order chi connectivity index (χ0) is 9.42. The molecule has 1 aromatic carbocycles. The Morgan fingerprint density at radius 3 is 2.69 bits per heavy atom. The fourth-order valence-corrected chi connectivity index (χ4v) is 2.20. The standard InChI is InChI=1S/C11H13NS/c1-8-10(7-13)9-5-3-4-6-11(9)12(8)2/h3-6,13H,7H2,1-2H3. The number of para-hydroxylation sites is 1. The Balaban J connectivity index is 2.90. The van der Waals surface area contributed by atoms with E-state index in [0.29, 0.717) is 0 Å². The normalized spacial score (nSPS) is 11.0. The summed E-state index contributed by atoms with van der Waals surface area (Å²) in [5.41, 5.74) is 3.96. The molecule has 0 saturated heterocycles. The van der Waals surface area contributed by atoms with E-state index in [1.807, 2.05) is 0 Å². The van der Waals surface area contributed by atoms with Crippen molar-refractivity contribution >= 4 is 23.5 Å². The van der Waals surface area contributed by atoms with Crippen molar-refractivity contribution in [3.8, 4) is 0 Å². The van der Waals surface area contributed by atoms with E-state index < -0.39 is 0 Å². The van der Waals surface area contributed by atoms with E-state index in [9.17, 15) is 0 Å². The summed E-state index contributed by atoms with van der Waals surface area (Å²) >= 11 is 4.36. The lowest BCUT2D eigenvalue weighted by Crippen LogP contribution is -1.90. The first-order valence-corrected chi connectivity index (χ1v) is 5.02. The van der Waals surface area contributed by atoms with Crippen LogP contribution in [-0.4, -0.2) is 4.57 Å². The Labute approximate surface area is 83.8 Å². The molecule has 13 heavy (non-hydrogen) atoms. The molecule has 68 valence electrons. The van der Waals surface area contributed by atoms with Crippen LogP contribution in [0.2, 0.25) is 0 Å². The van der Waals surface area contributed by atoms with E-state index in [0.717, 1.165) is 5.75 Å². The van der Waals surface area contributed by atoms with Crippen LogP contribution in [0.3, 0.4) is 0 Å². The quantitative estimate of drug-likeness (QED) is 0.661. The molecule has 0 N–H and O–H groups in total. The molecule has 0 aliphatic heterocycles. The van der Waals surface area contributed by atoms with Crippen LogP contribution in [0.15, 0.2) is 24.3 Å². The van der Waals surface area contributed by atoms with Gasteiger partial charge < -0.3 is 4.57 Å². The van der Waals surface area contributed by atoms with E-state index in [2.05, 4.69) is 55.4 Å². The molecule has 0 saturated carbocycles. The Morgan fingerprint density at radius 2 is 2.00 bits per heavy atom. The highest BCUT2D eigenvalue weighted by Gasteiger charge is 2.08. The van der Waals surface area contributed by atoms with Crippen LogP contribution < -0.4 is 0 Å². The molecule has 0 aliphatic rings. The number of aryl methyl sites for hydroxylation is 1. The van der Waals surface area contributed by atoms with Gasteiger partial charge in [-0.25, -0.2) is 0 Å². The summed E-state index contributed by atoms with van der Waals surface area (Å²) in [5.74, 6) is 0.813. The van der Waals surface area contributed by atoms with Gasteiger partial charge in [-0.05, 0) is 18.6 Å². The predicted octanol–water partition coefficient (Wildman–Crippen LogP) is 2.92. The molecule has 1 nitrogen and oxygen atoms in total. The molecule has 2 rings (SSSR count). The molecule has 2 aromatic rings. The molecule has 0 atom stereocenters. The highest BCUT2D eigenvalue weighted by atomic mass is 32.1. The molecule has 1 aromatic heterocycles. The van der Waals surface area contributed by atoms with Crippen molar-refractivity contribution in [1.29, 1.82) is 0 Å². The Hall–Kier alpha value is -0.890. The number of benzene rings is 1. The molecule has 0 spiro atoms. The lowest BCUT2D eigenvalue weighted by atomic mass is 10.1. The maximum Gasteiger partial charge on any atom is 0.0482 e. The monoisotopic (exact) mass is 191 g/mol. The van der Waals surface area contributed by atoms with Gasteiger partial charge in [-0.1, -0.05) is 18.2 Å². The van der Waals surface area contributed by atoms with Gasteiger partial charge in [0.05, 0.1) is 0 Å². The predicted molar refractivity (Wildman–Crippen MR) is 60.3 cm³/mol. The van der Waals surface area contributed by atoms with Crippen molar-refractivity contribution in [2.75, 3.05) is 0 Å². The average Bonchev–Trinajstić information content (AvgIpc) is 2.41. The van der Waals surface area contributed by atoms with E-state index in [1.54, 1.807) is 0 Å². The van der Waals surface area contributed by atoms with Crippen LogP contribution in [0.1, 0.15) is 11.3 Å². The highest BCUT2D eigenvalue weighted by Crippen LogP contribution is 2.25. The second-order valence-electron chi connectivity index (χ2n) is 3.30. The Morgan fingerprint density at radius 1 is 1.31 bits per heavy atom. The summed E-state index contributed by atoms with van der Waals surface area (Å²) in [7, 11) is 2.10. The fourth-order valence-electron chi connectivity index (χ4n) is 1.80. The fraction of sp³-hybridized carbons (Fsp3) is 0.273. The van der Waals surface area contributed by atoms with Gasteiger partial charge in [0.15, 0.2) is 0 Å². The largest absolute Gasteiger partial charge is 0.348 e. The third-order valence-corrected chi connectivity index (χ3v) is 3.00. The van der Waals surface area contributed by atoms with Gasteiger partial charge in [0.2, 0.25) is 0 Å². The zero-order valence-corrected chi connectivity index (χ0v) is 8.81. The van der Waals surface area contributed by atoms with Gasteiger partial charge in [-0.15, -0.1) is 0 Å². The van der Waals surface area contributed by atoms with Gasteiger partial charge in [0.1, 0.15) is 0 Å². The Bertz CT molecular complexity index is 443. The average molecular weight is 191 g/mol. The second-order valence-corrected chi connectivity index (χ2v) is 3.61. The van der Waals surface area contributed by atoms with Crippen LogP contribution in [0.5, 0.6) is 0 Å². The second kappa shape index (κ2) is 3.11. The summed E-state index contributed by atoms with van der Waals surface area (Å²) in [6, 6.07) is 8.46. The van der Waals surface area contributed by atoms with Gasteiger partial charge >= 0.3 is 0 Å². The number of rotatable bonds is 1. The molecule has 0 radical (unpaired) electrons. The SMILES string of the molecule is Cc1c(CS)c2ccccc2n1C. The van der Waals surface area contributed by atoms with Crippen LogP contribution in [0.4, 0.5) is 0 Å². The van der Waals surface area contributed by atoms with Gasteiger partial charge in [-0.2, -0.15) is 12.6 Å². The first-order valence-electron chi connectivity index (χ1n) is 4.39. The molecular formula is C11H13NS. The molecule has 1 heterocycles. The number of hydrogen-bond acceptors (Lipinski definition) is 1. The number of fused-ring (bicyclic) bond motifs is 1. The van der Waals surface area contributed by atoms with Crippen molar-refractivity contribution in [3.63, 3.8) is 0 Å². The maximum atomic E-state index is 4.36. The van der Waals surface area contributed by atoms with E-state index in [-0.39, 0.29) is 0 Å². The maximum absolute atomic E-state index is 4.36. The van der Waals surface area contributed by atoms with E-state index in [4.69, 9.17) is 0 Å². The van der Waals surface area contributed by atoms with Crippen molar-refractivity contribution in [1.82, 2.24) is 4.57 Å². The van der Waals surface area contributed by atoms with Crippen molar-refractivity contribution in [2.45, 2.75) is 12.7 Å². The third kappa shape index (κ3) is 1.17. The number of nitrogens with zero attached hydrogens (tertiary/aromatic N) is 1. The van der Waals surface area contributed by atoms with Crippen LogP contribution in [0.25, 0.3) is 10.9 Å². The minimum absolute atomic E-state index is 0.813. The summed E-state index contributed by atoms with van der Waals surface area (Å²) in [6.45, 7) is 2.14. The number of aromatic nitrogens is 1. The molecular weight excluding hydrogens is 178 g/mol. The van der Waals surface area contributed by atoms with Crippen molar-refractivity contribution in [2.24, 2.45) is 7.05 Å². The number of thiol groups is 1.